The minimum absolute atomic E-state index is 0.0292. The maximum absolute atomic E-state index is 14.2. The van der Waals surface area contributed by atoms with Crippen LogP contribution in [0.4, 0.5) is 14.5 Å². The molecule has 232 valence electrons. The monoisotopic (exact) mass is 672 g/mol. The molecule has 2 aromatic carbocycles. The van der Waals surface area contributed by atoms with Crippen LogP contribution in [0.5, 0.6) is 0 Å². The van der Waals surface area contributed by atoms with Crippen LogP contribution in [0.25, 0.3) is 16.3 Å². The molecule has 0 saturated carbocycles. The Hall–Kier alpha value is -2.85. The average molecular weight is 673 g/mol. The molecule has 0 radical (unpaired) electrons. The summed E-state index contributed by atoms with van der Waals surface area (Å²) >= 11 is 2.92. The van der Waals surface area contributed by atoms with Crippen LogP contribution in [0.2, 0.25) is 0 Å². The number of fused-ring (bicyclic) bond motifs is 2. The van der Waals surface area contributed by atoms with Gasteiger partial charge >= 0.3 is 0 Å². The molecular weight excluding hydrogens is 641 g/mol. The molecule has 0 atom stereocenters. The van der Waals surface area contributed by atoms with Gasteiger partial charge in [-0.3, -0.25) is 14.1 Å². The van der Waals surface area contributed by atoms with Crippen molar-refractivity contribution < 1.29 is 39.5 Å². The zero-order valence-corrected chi connectivity index (χ0v) is 26.8. The maximum Gasteiger partial charge on any atom is 0.264 e. The molecule has 2 heterocycles. The number of unbranched alkanes of at least 4 members (excludes halogenated alkanes) is 1. The number of nitrogens with one attached hydrogen (secondary N) is 1. The van der Waals surface area contributed by atoms with Crippen molar-refractivity contribution in [2.45, 2.75) is 50.5 Å². The highest BCUT2D eigenvalue weighted by atomic mass is 32.2. The lowest BCUT2D eigenvalue weighted by Crippen LogP contribution is -2.36. The molecule has 0 saturated heterocycles. The molecule has 1 aliphatic heterocycles. The minimum atomic E-state index is -4.08. The number of benzene rings is 2. The third-order valence-electron chi connectivity index (χ3n) is 6.53. The van der Waals surface area contributed by atoms with Crippen molar-refractivity contribution >= 4 is 71.1 Å². The Bertz CT molecular complexity index is 1800. The van der Waals surface area contributed by atoms with E-state index in [0.717, 1.165) is 31.5 Å². The second-order valence-corrected chi connectivity index (χ2v) is 15.5. The summed E-state index contributed by atoms with van der Waals surface area (Å²) in [6.45, 7) is 2.75. The second-order valence-electron chi connectivity index (χ2n) is 10.0. The third-order valence-corrected chi connectivity index (χ3v) is 10.2. The first kappa shape index (κ1) is 33.1. The smallest absolute Gasteiger partial charge is 0.264 e. The van der Waals surface area contributed by atoms with Gasteiger partial charge in [-0.05, 0) is 61.2 Å². The summed E-state index contributed by atoms with van der Waals surface area (Å²) in [5.41, 5.74) is 2.26. The fourth-order valence-corrected chi connectivity index (χ4v) is 7.97. The van der Waals surface area contributed by atoms with Crippen molar-refractivity contribution in [2.24, 2.45) is 0 Å². The molecule has 0 fully saturated rings. The van der Waals surface area contributed by atoms with Gasteiger partial charge in [0.25, 0.3) is 15.1 Å². The Labute approximate surface area is 258 Å². The standard InChI is InChI=1S/C28H31F2N3O6S4/c1-3-19(15-27-32(12-4-5-14-43(37,38)39)22-17-20(29)8-10-24(22)40-27)16-28-33(13-6-7-26(34)31-42(2,35)36)23-18-21(30)9-11-25(23)41-28/h8-11,15-18H,3-7,12-14H2,1-2H3,(H-,31,34,37,38,39)/p+1. The number of thiazole rings is 1. The van der Waals surface area contributed by atoms with Crippen LogP contribution in [0.15, 0.2) is 58.0 Å². The fraction of sp³-hybridized carbons (Fsp3) is 0.357. The predicted molar refractivity (Wildman–Crippen MR) is 166 cm³/mol. The van der Waals surface area contributed by atoms with Crippen molar-refractivity contribution in [3.8, 4) is 0 Å². The van der Waals surface area contributed by atoms with Crippen molar-refractivity contribution in [2.75, 3.05) is 23.5 Å². The van der Waals surface area contributed by atoms with E-state index in [1.807, 2.05) is 33.3 Å². The summed E-state index contributed by atoms with van der Waals surface area (Å²) in [5, 5.41) is 1.64. The van der Waals surface area contributed by atoms with E-state index in [1.54, 1.807) is 12.1 Å². The van der Waals surface area contributed by atoms with Crippen molar-refractivity contribution in [1.82, 2.24) is 4.72 Å². The van der Waals surface area contributed by atoms with Gasteiger partial charge in [-0.15, -0.1) is 0 Å². The summed E-state index contributed by atoms with van der Waals surface area (Å²) in [6, 6.07) is 9.02. The lowest BCUT2D eigenvalue weighted by atomic mass is 10.1. The minimum Gasteiger partial charge on any atom is -0.335 e. The molecule has 3 aromatic rings. The number of amides is 1. The largest absolute Gasteiger partial charge is 0.335 e. The Morgan fingerprint density at radius 2 is 1.79 bits per heavy atom. The Morgan fingerprint density at radius 1 is 1.07 bits per heavy atom. The SMILES string of the molecule is CCC(=C/c1sc2ccc(F)cc2[n+]1CCCC(=O)NS(C)(=O)=O)/C=C1\Sc2ccc(F)cc2N1CCCCS(=O)(=O)O. The summed E-state index contributed by atoms with van der Waals surface area (Å²) < 4.78 is 87.2. The fourth-order valence-electron chi connectivity index (χ4n) is 4.60. The lowest BCUT2D eigenvalue weighted by molar-refractivity contribution is -0.669. The molecule has 15 heteroatoms. The van der Waals surface area contributed by atoms with Crippen LogP contribution in [-0.4, -0.2) is 45.8 Å². The van der Waals surface area contributed by atoms with Crippen molar-refractivity contribution in [1.29, 1.82) is 0 Å². The first-order valence-corrected chi connectivity index (χ1v) is 18.6. The first-order valence-electron chi connectivity index (χ1n) is 13.5. The van der Waals surface area contributed by atoms with E-state index in [4.69, 9.17) is 4.55 Å². The van der Waals surface area contributed by atoms with Gasteiger partial charge < -0.3 is 4.90 Å². The molecule has 43 heavy (non-hydrogen) atoms. The van der Waals surface area contributed by atoms with E-state index in [0.29, 0.717) is 43.6 Å². The molecule has 0 spiro atoms. The number of aryl methyl sites for hydroxylation is 1. The first-order chi connectivity index (χ1) is 20.2. The highest BCUT2D eigenvalue weighted by Crippen LogP contribution is 2.47. The van der Waals surface area contributed by atoms with Crippen molar-refractivity contribution in [3.05, 3.63) is 69.7 Å². The lowest BCUT2D eigenvalue weighted by Gasteiger charge is -2.20. The topological polar surface area (TPSA) is 125 Å². The number of rotatable bonds is 13. The van der Waals surface area contributed by atoms with E-state index in [9.17, 15) is 30.4 Å². The third kappa shape index (κ3) is 9.32. The molecule has 1 aromatic heterocycles. The number of sulfonamides is 1. The molecule has 0 unspecified atom stereocenters. The van der Waals surface area contributed by atoms with E-state index in [2.05, 4.69) is 0 Å². The number of thioether (sulfide) groups is 1. The number of hydrogen-bond acceptors (Lipinski definition) is 8. The molecule has 9 nitrogen and oxygen atoms in total. The zero-order valence-electron chi connectivity index (χ0n) is 23.5. The van der Waals surface area contributed by atoms with E-state index < -0.39 is 37.7 Å². The highest BCUT2D eigenvalue weighted by Gasteiger charge is 2.26. The molecule has 2 N–H and O–H groups in total. The molecule has 0 bridgehead atoms. The summed E-state index contributed by atoms with van der Waals surface area (Å²) in [5.74, 6) is -1.76. The van der Waals surface area contributed by atoms with E-state index >= 15 is 0 Å². The molecule has 4 rings (SSSR count). The van der Waals surface area contributed by atoms with Crippen LogP contribution in [0.1, 0.15) is 44.0 Å². The average Bonchev–Trinajstić information content (AvgIpc) is 3.41. The van der Waals surface area contributed by atoms with Crippen LogP contribution < -0.4 is 14.2 Å². The molecular formula is C28H32F2N3O6S4+. The Morgan fingerprint density at radius 3 is 2.49 bits per heavy atom. The van der Waals surface area contributed by atoms with E-state index in [1.165, 1.54) is 47.4 Å². The van der Waals surface area contributed by atoms with Gasteiger partial charge in [0.05, 0.1) is 22.7 Å². The van der Waals surface area contributed by atoms with Gasteiger partial charge in [-0.25, -0.2) is 17.2 Å². The molecule has 0 aliphatic carbocycles. The van der Waals surface area contributed by atoms with Gasteiger partial charge in [0.2, 0.25) is 21.4 Å². The highest BCUT2D eigenvalue weighted by molar-refractivity contribution is 8.03. The summed E-state index contributed by atoms with van der Waals surface area (Å²) in [4.78, 5) is 14.8. The van der Waals surface area contributed by atoms with Gasteiger partial charge in [-0.1, -0.05) is 30.0 Å². The molecule has 1 amide bonds. The number of hydrogen-bond donors (Lipinski definition) is 2. The predicted octanol–water partition coefficient (Wildman–Crippen LogP) is 5.24. The summed E-state index contributed by atoms with van der Waals surface area (Å²) in [7, 11) is -7.74. The number of halogens is 2. The van der Waals surface area contributed by atoms with Crippen LogP contribution >= 0.6 is 23.1 Å². The van der Waals surface area contributed by atoms with Gasteiger partial charge in [0.15, 0.2) is 6.54 Å². The van der Waals surface area contributed by atoms with Gasteiger partial charge in [-0.2, -0.15) is 13.0 Å². The number of carbonyl (C=O) groups is 1. The molecule has 1 aliphatic rings. The quantitative estimate of drug-likeness (QED) is 0.144. The number of aromatic nitrogens is 1. The Kier molecular flexibility index (Phi) is 10.6. The zero-order chi connectivity index (χ0) is 31.4. The Balaban J connectivity index is 1.64. The van der Waals surface area contributed by atoms with Crippen molar-refractivity contribution in [3.63, 3.8) is 0 Å². The van der Waals surface area contributed by atoms with Crippen LogP contribution in [0, 0.1) is 11.6 Å². The second kappa shape index (κ2) is 13.8. The van der Waals surface area contributed by atoms with E-state index in [-0.39, 0.29) is 18.6 Å². The van der Waals surface area contributed by atoms with Crippen LogP contribution in [-0.2, 0) is 31.5 Å². The van der Waals surface area contributed by atoms with Gasteiger partial charge in [0.1, 0.15) is 16.3 Å². The van der Waals surface area contributed by atoms with Gasteiger partial charge in [0, 0.05) is 36.4 Å². The number of carbonyl (C=O) groups excluding carboxylic acids is 1. The number of allylic oxidation sites excluding steroid dienone is 2. The number of nitrogens with zero attached hydrogens (tertiary/aromatic N) is 2. The normalized spacial score (nSPS) is 15.0. The summed E-state index contributed by atoms with van der Waals surface area (Å²) in [6.07, 6.45) is 6.50. The van der Waals surface area contributed by atoms with Crippen LogP contribution in [0.3, 0.4) is 0 Å². The number of anilines is 1. The maximum atomic E-state index is 14.2.